The van der Waals surface area contributed by atoms with Gasteiger partial charge in [-0.15, -0.1) is 11.3 Å². The second-order valence-electron chi connectivity index (χ2n) is 6.05. The lowest BCUT2D eigenvalue weighted by molar-refractivity contribution is 0.151. The Morgan fingerprint density at radius 1 is 1.39 bits per heavy atom. The highest BCUT2D eigenvalue weighted by Gasteiger charge is 2.34. The van der Waals surface area contributed by atoms with Crippen LogP contribution >= 0.6 is 11.3 Å². The van der Waals surface area contributed by atoms with Crippen molar-refractivity contribution in [1.82, 2.24) is 0 Å². The van der Waals surface area contributed by atoms with E-state index < -0.39 is 0 Å². The van der Waals surface area contributed by atoms with Crippen molar-refractivity contribution in [3.63, 3.8) is 0 Å². The average molecular weight is 265 g/mol. The lowest BCUT2D eigenvalue weighted by Gasteiger charge is -2.39. The highest BCUT2D eigenvalue weighted by molar-refractivity contribution is 7.09. The third-order valence-electron chi connectivity index (χ3n) is 4.69. The van der Waals surface area contributed by atoms with Crippen molar-refractivity contribution >= 4 is 11.3 Å². The van der Waals surface area contributed by atoms with Gasteiger partial charge in [0.05, 0.1) is 0 Å². The van der Waals surface area contributed by atoms with E-state index in [1.807, 2.05) is 11.3 Å². The summed E-state index contributed by atoms with van der Waals surface area (Å²) in [7, 11) is 0. The van der Waals surface area contributed by atoms with E-state index in [0.717, 1.165) is 12.5 Å². The summed E-state index contributed by atoms with van der Waals surface area (Å²) in [5.74, 6) is 0.980. The van der Waals surface area contributed by atoms with Crippen LogP contribution in [0.3, 0.4) is 0 Å². The number of hydrogen-bond acceptors (Lipinski definition) is 2. The molecule has 0 aromatic carbocycles. The van der Waals surface area contributed by atoms with Gasteiger partial charge in [0.25, 0.3) is 0 Å². The first kappa shape index (κ1) is 14.1. The molecular weight excluding hydrogens is 238 g/mol. The Balaban J connectivity index is 1.87. The van der Waals surface area contributed by atoms with E-state index in [0.29, 0.717) is 5.41 Å². The van der Waals surface area contributed by atoms with Crippen LogP contribution in [0.25, 0.3) is 0 Å². The molecule has 1 saturated carbocycles. The van der Waals surface area contributed by atoms with Crippen molar-refractivity contribution in [1.29, 1.82) is 0 Å². The van der Waals surface area contributed by atoms with E-state index in [2.05, 4.69) is 24.4 Å². The summed E-state index contributed by atoms with van der Waals surface area (Å²) in [5.41, 5.74) is 6.52. The van der Waals surface area contributed by atoms with Crippen LogP contribution in [0, 0.1) is 11.3 Å². The lowest BCUT2D eigenvalue weighted by atomic mass is 9.67. The van der Waals surface area contributed by atoms with E-state index >= 15 is 0 Å². The summed E-state index contributed by atoms with van der Waals surface area (Å²) >= 11 is 1.89. The molecule has 0 saturated heterocycles. The molecule has 1 aliphatic rings. The van der Waals surface area contributed by atoms with Gasteiger partial charge >= 0.3 is 0 Å². The number of thiophene rings is 1. The molecule has 2 rings (SSSR count). The van der Waals surface area contributed by atoms with Crippen LogP contribution in [0.2, 0.25) is 0 Å². The largest absolute Gasteiger partial charge is 0.330 e. The second kappa shape index (κ2) is 6.72. The van der Waals surface area contributed by atoms with Crippen LogP contribution in [-0.4, -0.2) is 6.54 Å². The predicted molar refractivity (Wildman–Crippen MR) is 81.0 cm³/mol. The van der Waals surface area contributed by atoms with Crippen LogP contribution in [0.1, 0.15) is 56.7 Å². The van der Waals surface area contributed by atoms with Crippen LogP contribution in [0.15, 0.2) is 17.5 Å². The Labute approximate surface area is 116 Å². The SMILES string of the molecule is CCCCC1CCC(CN)(Cc2cccs2)CC1. The summed E-state index contributed by atoms with van der Waals surface area (Å²) in [6.07, 6.45) is 10.9. The van der Waals surface area contributed by atoms with Crippen LogP contribution < -0.4 is 5.73 Å². The smallest absolute Gasteiger partial charge is 0.00512 e. The highest BCUT2D eigenvalue weighted by Crippen LogP contribution is 2.42. The molecule has 102 valence electrons. The first-order valence-electron chi connectivity index (χ1n) is 7.50. The number of unbranched alkanes of at least 4 members (excludes halogenated alkanes) is 1. The van der Waals surface area contributed by atoms with Crippen molar-refractivity contribution in [2.24, 2.45) is 17.1 Å². The standard InChI is InChI=1S/C16H27NS/c1-2-3-5-14-7-9-16(13-17,10-8-14)12-15-6-4-11-18-15/h4,6,11,14H,2-3,5,7-10,12-13,17H2,1H3. The lowest BCUT2D eigenvalue weighted by Crippen LogP contribution is -2.36. The van der Waals surface area contributed by atoms with Crippen LogP contribution in [-0.2, 0) is 6.42 Å². The van der Waals surface area contributed by atoms with Gasteiger partial charge in [0.2, 0.25) is 0 Å². The zero-order chi connectivity index (χ0) is 12.8. The fourth-order valence-corrected chi connectivity index (χ4v) is 4.19. The minimum absolute atomic E-state index is 0.410. The van der Waals surface area contributed by atoms with Gasteiger partial charge in [0, 0.05) is 4.88 Å². The monoisotopic (exact) mass is 265 g/mol. The summed E-state index contributed by atoms with van der Waals surface area (Å²) in [6, 6.07) is 4.43. The van der Waals surface area contributed by atoms with E-state index in [1.165, 1.54) is 56.2 Å². The molecule has 0 atom stereocenters. The molecule has 0 bridgehead atoms. The van der Waals surface area contributed by atoms with E-state index in [4.69, 9.17) is 5.73 Å². The van der Waals surface area contributed by atoms with Gasteiger partial charge in [-0.25, -0.2) is 0 Å². The fraction of sp³-hybridized carbons (Fsp3) is 0.750. The second-order valence-corrected chi connectivity index (χ2v) is 7.08. The third kappa shape index (κ3) is 3.58. The predicted octanol–water partition coefficient (Wildman–Crippen LogP) is 4.62. The van der Waals surface area contributed by atoms with Gasteiger partial charge in [-0.05, 0) is 61.4 Å². The summed E-state index contributed by atoms with van der Waals surface area (Å²) < 4.78 is 0. The summed E-state index contributed by atoms with van der Waals surface area (Å²) in [6.45, 7) is 3.16. The molecule has 0 amide bonds. The topological polar surface area (TPSA) is 26.0 Å². The minimum Gasteiger partial charge on any atom is -0.330 e. The van der Waals surface area contributed by atoms with Gasteiger partial charge < -0.3 is 5.73 Å². The molecule has 1 heterocycles. The van der Waals surface area contributed by atoms with E-state index in [9.17, 15) is 0 Å². The molecule has 0 aliphatic heterocycles. The van der Waals surface area contributed by atoms with E-state index in [-0.39, 0.29) is 0 Å². The highest BCUT2D eigenvalue weighted by atomic mass is 32.1. The molecule has 2 N–H and O–H groups in total. The van der Waals surface area contributed by atoms with Crippen LogP contribution in [0.5, 0.6) is 0 Å². The maximum Gasteiger partial charge on any atom is 0.00512 e. The Hall–Kier alpha value is -0.340. The zero-order valence-corrected chi connectivity index (χ0v) is 12.5. The van der Waals surface area contributed by atoms with Crippen molar-refractivity contribution in [3.8, 4) is 0 Å². The molecule has 1 nitrogen and oxygen atoms in total. The van der Waals surface area contributed by atoms with Crippen molar-refractivity contribution in [2.45, 2.75) is 58.3 Å². The number of hydrogen-bond donors (Lipinski definition) is 1. The fourth-order valence-electron chi connectivity index (χ4n) is 3.31. The minimum atomic E-state index is 0.410. The quantitative estimate of drug-likeness (QED) is 0.798. The van der Waals surface area contributed by atoms with Gasteiger partial charge in [-0.1, -0.05) is 32.3 Å². The maximum atomic E-state index is 6.11. The first-order chi connectivity index (χ1) is 8.78. The van der Waals surface area contributed by atoms with Crippen molar-refractivity contribution in [2.75, 3.05) is 6.54 Å². The number of nitrogens with two attached hydrogens (primary N) is 1. The van der Waals surface area contributed by atoms with Crippen LogP contribution in [0.4, 0.5) is 0 Å². The molecule has 1 fully saturated rings. The molecule has 0 radical (unpaired) electrons. The van der Waals surface area contributed by atoms with Gasteiger partial charge in [-0.3, -0.25) is 0 Å². The molecule has 0 unspecified atom stereocenters. The van der Waals surface area contributed by atoms with Gasteiger partial charge in [0.1, 0.15) is 0 Å². The van der Waals surface area contributed by atoms with Gasteiger partial charge in [0.15, 0.2) is 0 Å². The molecule has 1 aromatic rings. The molecule has 18 heavy (non-hydrogen) atoms. The summed E-state index contributed by atoms with van der Waals surface area (Å²) in [4.78, 5) is 1.52. The Kier molecular flexibility index (Phi) is 5.25. The van der Waals surface area contributed by atoms with Gasteiger partial charge in [-0.2, -0.15) is 0 Å². The molecule has 2 heteroatoms. The Morgan fingerprint density at radius 2 is 2.17 bits per heavy atom. The Morgan fingerprint density at radius 3 is 2.72 bits per heavy atom. The molecular formula is C16H27NS. The summed E-state index contributed by atoms with van der Waals surface area (Å²) in [5, 5.41) is 2.19. The molecule has 1 aliphatic carbocycles. The Bertz CT molecular complexity index is 323. The van der Waals surface area contributed by atoms with Crippen molar-refractivity contribution in [3.05, 3.63) is 22.4 Å². The zero-order valence-electron chi connectivity index (χ0n) is 11.7. The number of rotatable bonds is 6. The first-order valence-corrected chi connectivity index (χ1v) is 8.38. The van der Waals surface area contributed by atoms with E-state index in [1.54, 1.807) is 0 Å². The molecule has 0 spiro atoms. The molecule has 1 aromatic heterocycles. The normalized spacial score (nSPS) is 28.4. The average Bonchev–Trinajstić information content (AvgIpc) is 2.91. The van der Waals surface area contributed by atoms with Crippen molar-refractivity contribution < 1.29 is 0 Å². The third-order valence-corrected chi connectivity index (χ3v) is 5.57. The maximum absolute atomic E-state index is 6.11.